The van der Waals surface area contributed by atoms with Crippen molar-refractivity contribution in [2.75, 3.05) is 19.4 Å². The number of aliphatic hydroxyl groups is 1. The molecule has 0 saturated carbocycles. The van der Waals surface area contributed by atoms with Crippen LogP contribution < -0.4 is 5.32 Å². The first kappa shape index (κ1) is 14.5. The first-order chi connectivity index (χ1) is 9.20. The van der Waals surface area contributed by atoms with Crippen LogP contribution in [0.4, 0.5) is 0 Å². The molecule has 0 aliphatic rings. The van der Waals surface area contributed by atoms with Crippen molar-refractivity contribution in [1.82, 2.24) is 10.3 Å². The van der Waals surface area contributed by atoms with Gasteiger partial charge >= 0.3 is 0 Å². The number of nitrogens with zero attached hydrogens (tertiary/aromatic N) is 1. The lowest BCUT2D eigenvalue weighted by Crippen LogP contribution is -2.45. The Labute approximate surface area is 122 Å². The van der Waals surface area contributed by atoms with Gasteiger partial charge in [0, 0.05) is 16.8 Å². The Morgan fingerprint density at radius 1 is 1.37 bits per heavy atom. The second-order valence-electron chi connectivity index (χ2n) is 4.40. The zero-order valence-corrected chi connectivity index (χ0v) is 12.7. The molecule has 1 unspecified atom stereocenters. The summed E-state index contributed by atoms with van der Waals surface area (Å²) in [5.74, 6) is 0.747. The lowest BCUT2D eigenvalue weighted by atomic mass is 9.93. The van der Waals surface area contributed by atoms with Gasteiger partial charge in [0.05, 0.1) is 12.1 Å². The Bertz CT molecular complexity index is 509. The summed E-state index contributed by atoms with van der Waals surface area (Å²) in [6.07, 6.45) is 0. The van der Waals surface area contributed by atoms with E-state index < -0.39 is 5.54 Å². The highest BCUT2D eigenvalue weighted by atomic mass is 32.2. The molecule has 2 aromatic rings. The molecule has 2 rings (SSSR count). The van der Waals surface area contributed by atoms with Gasteiger partial charge in [-0.2, -0.15) is 0 Å². The van der Waals surface area contributed by atoms with Crippen LogP contribution in [-0.4, -0.2) is 29.5 Å². The first-order valence-corrected chi connectivity index (χ1v) is 7.97. The largest absolute Gasteiger partial charge is 0.394 e. The fourth-order valence-electron chi connectivity index (χ4n) is 1.86. The predicted molar refractivity (Wildman–Crippen MR) is 81.8 cm³/mol. The molecule has 0 bridgehead atoms. The maximum absolute atomic E-state index is 9.82. The van der Waals surface area contributed by atoms with E-state index in [0.717, 1.165) is 21.3 Å². The SMILES string of the molecule is CNC(CO)(CSc1nc(C)cs1)c1ccccc1. The van der Waals surface area contributed by atoms with Gasteiger partial charge in [-0.05, 0) is 19.5 Å². The average Bonchev–Trinajstić information content (AvgIpc) is 2.88. The van der Waals surface area contributed by atoms with E-state index in [2.05, 4.69) is 10.3 Å². The molecule has 0 aliphatic carbocycles. The van der Waals surface area contributed by atoms with Crippen molar-refractivity contribution in [3.63, 3.8) is 0 Å². The first-order valence-electron chi connectivity index (χ1n) is 6.10. The molecule has 5 heteroatoms. The summed E-state index contributed by atoms with van der Waals surface area (Å²) in [5.41, 5.74) is 1.72. The lowest BCUT2D eigenvalue weighted by molar-refractivity contribution is 0.187. The van der Waals surface area contributed by atoms with Crippen LogP contribution in [0.2, 0.25) is 0 Å². The van der Waals surface area contributed by atoms with E-state index >= 15 is 0 Å². The second-order valence-corrected chi connectivity index (χ2v) is 6.48. The molecule has 3 nitrogen and oxygen atoms in total. The fraction of sp³-hybridized carbons (Fsp3) is 0.357. The Kier molecular flexibility index (Phi) is 4.99. The monoisotopic (exact) mass is 294 g/mol. The van der Waals surface area contributed by atoms with Gasteiger partial charge in [-0.25, -0.2) is 4.98 Å². The van der Waals surface area contributed by atoms with Gasteiger partial charge in [0.2, 0.25) is 0 Å². The summed E-state index contributed by atoms with van der Waals surface area (Å²) in [5, 5.41) is 15.1. The summed E-state index contributed by atoms with van der Waals surface area (Å²) in [7, 11) is 1.89. The van der Waals surface area contributed by atoms with Gasteiger partial charge in [0.25, 0.3) is 0 Å². The average molecular weight is 294 g/mol. The van der Waals surface area contributed by atoms with E-state index in [9.17, 15) is 5.11 Å². The quantitative estimate of drug-likeness (QED) is 0.804. The molecule has 102 valence electrons. The van der Waals surface area contributed by atoms with Crippen LogP contribution in [0.1, 0.15) is 11.3 Å². The number of thioether (sulfide) groups is 1. The van der Waals surface area contributed by atoms with Gasteiger partial charge in [0.15, 0.2) is 0 Å². The van der Waals surface area contributed by atoms with E-state index in [4.69, 9.17) is 0 Å². The Hall–Kier alpha value is -0.880. The number of aliphatic hydroxyl groups excluding tert-OH is 1. The summed E-state index contributed by atoms with van der Waals surface area (Å²) in [6, 6.07) is 10.1. The molecule has 0 aliphatic heterocycles. The number of rotatable bonds is 6. The van der Waals surface area contributed by atoms with E-state index in [1.165, 1.54) is 0 Å². The second kappa shape index (κ2) is 6.52. The van der Waals surface area contributed by atoms with Crippen LogP contribution in [-0.2, 0) is 5.54 Å². The molecule has 1 aromatic heterocycles. The molecule has 19 heavy (non-hydrogen) atoms. The van der Waals surface area contributed by atoms with E-state index in [0.29, 0.717) is 0 Å². The van der Waals surface area contributed by atoms with Crippen LogP contribution >= 0.6 is 23.1 Å². The third-order valence-electron chi connectivity index (χ3n) is 3.11. The summed E-state index contributed by atoms with van der Waals surface area (Å²) in [4.78, 5) is 4.45. The highest BCUT2D eigenvalue weighted by molar-refractivity contribution is 8.01. The predicted octanol–water partition coefficient (Wildman–Crippen LogP) is 2.65. The molecular formula is C14H18N2OS2. The van der Waals surface area contributed by atoms with Crippen molar-refractivity contribution in [1.29, 1.82) is 0 Å². The van der Waals surface area contributed by atoms with Crippen molar-refractivity contribution in [2.24, 2.45) is 0 Å². The van der Waals surface area contributed by atoms with Crippen molar-refractivity contribution in [3.8, 4) is 0 Å². The smallest absolute Gasteiger partial charge is 0.150 e. The van der Waals surface area contributed by atoms with Crippen molar-refractivity contribution >= 4 is 23.1 Å². The number of hydrogen-bond donors (Lipinski definition) is 2. The van der Waals surface area contributed by atoms with Crippen molar-refractivity contribution < 1.29 is 5.11 Å². The van der Waals surface area contributed by atoms with Crippen LogP contribution in [0, 0.1) is 6.92 Å². The van der Waals surface area contributed by atoms with Gasteiger partial charge in [-0.1, -0.05) is 42.1 Å². The molecule has 0 spiro atoms. The van der Waals surface area contributed by atoms with Crippen molar-refractivity contribution in [3.05, 3.63) is 47.0 Å². The standard InChI is InChI=1S/C14H18N2OS2/c1-11-8-18-13(16-11)19-10-14(9-17,15-2)12-6-4-3-5-7-12/h3-8,15,17H,9-10H2,1-2H3. The van der Waals surface area contributed by atoms with Gasteiger partial charge in [-0.3, -0.25) is 0 Å². The Morgan fingerprint density at radius 3 is 2.63 bits per heavy atom. The minimum atomic E-state index is -0.425. The van der Waals surface area contributed by atoms with Crippen LogP contribution in [0.3, 0.4) is 0 Å². The third-order valence-corrected chi connectivity index (χ3v) is 5.48. The zero-order chi connectivity index (χ0) is 13.7. The Morgan fingerprint density at radius 2 is 2.11 bits per heavy atom. The molecule has 0 fully saturated rings. The minimum Gasteiger partial charge on any atom is -0.394 e. The van der Waals surface area contributed by atoms with Gasteiger partial charge in [0.1, 0.15) is 4.34 Å². The summed E-state index contributed by atoms with van der Waals surface area (Å²) < 4.78 is 1.04. The molecule has 1 heterocycles. The van der Waals surface area contributed by atoms with E-state index in [-0.39, 0.29) is 6.61 Å². The van der Waals surface area contributed by atoms with Crippen LogP contribution in [0.25, 0.3) is 0 Å². The molecule has 0 radical (unpaired) electrons. The molecular weight excluding hydrogens is 276 g/mol. The number of nitrogens with one attached hydrogen (secondary N) is 1. The maximum atomic E-state index is 9.82. The highest BCUT2D eigenvalue weighted by Crippen LogP contribution is 2.31. The van der Waals surface area contributed by atoms with Crippen LogP contribution in [0.5, 0.6) is 0 Å². The molecule has 0 amide bonds. The molecule has 1 aromatic carbocycles. The lowest BCUT2D eigenvalue weighted by Gasteiger charge is -2.31. The zero-order valence-electron chi connectivity index (χ0n) is 11.1. The highest BCUT2D eigenvalue weighted by Gasteiger charge is 2.30. The summed E-state index contributed by atoms with van der Waals surface area (Å²) in [6.45, 7) is 2.06. The maximum Gasteiger partial charge on any atom is 0.150 e. The molecule has 0 saturated heterocycles. The van der Waals surface area contributed by atoms with E-state index in [1.807, 2.05) is 49.7 Å². The van der Waals surface area contributed by atoms with Crippen LogP contribution in [0.15, 0.2) is 40.1 Å². The fourth-order valence-corrected chi connectivity index (χ4v) is 3.95. The van der Waals surface area contributed by atoms with Gasteiger partial charge < -0.3 is 10.4 Å². The topological polar surface area (TPSA) is 45.1 Å². The third kappa shape index (κ3) is 3.36. The molecule has 2 N–H and O–H groups in total. The van der Waals surface area contributed by atoms with Crippen molar-refractivity contribution in [2.45, 2.75) is 16.8 Å². The number of aromatic nitrogens is 1. The normalized spacial score (nSPS) is 14.3. The number of likely N-dealkylation sites (N-methyl/N-ethyl adjacent to an activating group) is 1. The Balaban J connectivity index is 2.16. The molecule has 1 atom stereocenters. The number of aryl methyl sites for hydroxylation is 1. The number of hydrogen-bond acceptors (Lipinski definition) is 5. The van der Waals surface area contributed by atoms with Gasteiger partial charge in [-0.15, -0.1) is 11.3 Å². The number of benzene rings is 1. The minimum absolute atomic E-state index is 0.0604. The number of thiazole rings is 1. The summed E-state index contributed by atoms with van der Waals surface area (Å²) >= 11 is 3.33. The van der Waals surface area contributed by atoms with E-state index in [1.54, 1.807) is 23.1 Å².